The van der Waals surface area contributed by atoms with Gasteiger partial charge in [-0.25, -0.2) is 4.98 Å². The van der Waals surface area contributed by atoms with Crippen LogP contribution >= 0.6 is 0 Å². The lowest BCUT2D eigenvalue weighted by Crippen LogP contribution is -2.49. The highest BCUT2D eigenvalue weighted by molar-refractivity contribution is 5.94. The number of pyridine rings is 1. The van der Waals surface area contributed by atoms with E-state index >= 15 is 0 Å². The molecule has 0 unspecified atom stereocenters. The Kier molecular flexibility index (Phi) is 5.37. The van der Waals surface area contributed by atoms with Crippen molar-refractivity contribution < 1.29 is 9.21 Å². The van der Waals surface area contributed by atoms with E-state index in [0.29, 0.717) is 30.4 Å². The number of amides is 1. The summed E-state index contributed by atoms with van der Waals surface area (Å²) in [5.74, 6) is 1.91. The second kappa shape index (κ2) is 8.63. The molecule has 2 aromatic carbocycles. The van der Waals surface area contributed by atoms with Crippen LogP contribution in [0.4, 0.5) is 5.82 Å². The molecule has 0 N–H and O–H groups in total. The van der Waals surface area contributed by atoms with E-state index in [1.165, 1.54) is 0 Å². The molecular weight excluding hydrogens is 402 g/mol. The minimum atomic E-state index is 0.0309. The van der Waals surface area contributed by atoms with Gasteiger partial charge in [-0.2, -0.15) is 0 Å². The largest absolute Gasteiger partial charge is 0.416 e. The molecule has 7 nitrogen and oxygen atoms in total. The molecule has 0 radical (unpaired) electrons. The number of nitrogens with zero attached hydrogens (tertiary/aromatic N) is 5. The lowest BCUT2D eigenvalue weighted by atomic mass is 10.1. The van der Waals surface area contributed by atoms with E-state index in [2.05, 4.69) is 20.1 Å². The number of aromatic nitrogens is 3. The molecule has 0 aliphatic carbocycles. The Morgan fingerprint density at radius 1 is 0.844 bits per heavy atom. The predicted molar refractivity (Wildman–Crippen MR) is 122 cm³/mol. The van der Waals surface area contributed by atoms with E-state index in [1.807, 2.05) is 78.6 Å². The zero-order valence-corrected chi connectivity index (χ0v) is 17.8. The molecule has 0 spiro atoms. The van der Waals surface area contributed by atoms with Crippen molar-refractivity contribution in [3.63, 3.8) is 0 Å². The average Bonchev–Trinajstić information content (AvgIpc) is 3.35. The first-order valence-electron chi connectivity index (χ1n) is 10.6. The Morgan fingerprint density at radius 2 is 1.56 bits per heavy atom. The van der Waals surface area contributed by atoms with Crippen LogP contribution in [0.1, 0.15) is 15.9 Å². The van der Waals surface area contributed by atoms with Crippen molar-refractivity contribution in [1.82, 2.24) is 20.1 Å². The zero-order chi connectivity index (χ0) is 21.9. The van der Waals surface area contributed by atoms with Crippen molar-refractivity contribution in [2.24, 2.45) is 0 Å². The average molecular weight is 425 g/mol. The number of rotatable bonds is 4. The van der Waals surface area contributed by atoms with Gasteiger partial charge >= 0.3 is 0 Å². The van der Waals surface area contributed by atoms with Crippen molar-refractivity contribution in [2.45, 2.75) is 6.92 Å². The van der Waals surface area contributed by atoms with Crippen LogP contribution < -0.4 is 4.90 Å². The Bertz CT molecular complexity index is 1210. The van der Waals surface area contributed by atoms with E-state index in [4.69, 9.17) is 4.42 Å². The maximum absolute atomic E-state index is 13.0. The fourth-order valence-corrected chi connectivity index (χ4v) is 3.88. The highest BCUT2D eigenvalue weighted by Gasteiger charge is 2.23. The molecule has 1 aliphatic heterocycles. The molecule has 0 saturated carbocycles. The topological polar surface area (TPSA) is 75.4 Å². The number of piperazine rings is 1. The fraction of sp³-hybridized carbons (Fsp3) is 0.200. The summed E-state index contributed by atoms with van der Waals surface area (Å²) in [5.41, 5.74) is 3.43. The summed E-state index contributed by atoms with van der Waals surface area (Å²) in [6.07, 6.45) is 1.79. The molecule has 7 heteroatoms. The maximum atomic E-state index is 13.0. The van der Waals surface area contributed by atoms with Gasteiger partial charge < -0.3 is 14.2 Å². The molecule has 32 heavy (non-hydrogen) atoms. The van der Waals surface area contributed by atoms with Crippen LogP contribution in [-0.2, 0) is 0 Å². The Morgan fingerprint density at radius 3 is 2.28 bits per heavy atom. The number of hydrogen-bond donors (Lipinski definition) is 0. The molecule has 1 amide bonds. The number of carbonyl (C=O) groups is 1. The molecule has 3 heterocycles. The first kappa shape index (κ1) is 19.9. The van der Waals surface area contributed by atoms with Gasteiger partial charge in [0, 0.05) is 49.1 Å². The van der Waals surface area contributed by atoms with E-state index in [0.717, 1.165) is 35.6 Å². The number of hydrogen-bond acceptors (Lipinski definition) is 6. The Hall–Kier alpha value is -4.00. The molecular formula is C25H23N5O2. The third-order valence-corrected chi connectivity index (χ3v) is 5.72. The minimum Gasteiger partial charge on any atom is -0.416 e. The minimum absolute atomic E-state index is 0.0309. The smallest absolute Gasteiger partial charge is 0.253 e. The molecule has 5 rings (SSSR count). The molecule has 1 saturated heterocycles. The van der Waals surface area contributed by atoms with Crippen LogP contribution in [0, 0.1) is 6.92 Å². The molecule has 4 aromatic rings. The van der Waals surface area contributed by atoms with Crippen molar-refractivity contribution in [2.75, 3.05) is 31.1 Å². The first-order valence-corrected chi connectivity index (χ1v) is 10.6. The molecule has 160 valence electrons. The van der Waals surface area contributed by atoms with E-state index < -0.39 is 0 Å². The van der Waals surface area contributed by atoms with Gasteiger partial charge in [-0.1, -0.05) is 24.3 Å². The van der Waals surface area contributed by atoms with Gasteiger partial charge in [0.15, 0.2) is 0 Å². The number of carbonyl (C=O) groups excluding carboxylic acids is 1. The van der Waals surface area contributed by atoms with Crippen molar-refractivity contribution in [3.8, 4) is 22.9 Å². The third kappa shape index (κ3) is 3.97. The van der Waals surface area contributed by atoms with Gasteiger partial charge in [-0.15, -0.1) is 10.2 Å². The number of anilines is 1. The van der Waals surface area contributed by atoms with Crippen molar-refractivity contribution >= 4 is 11.7 Å². The van der Waals surface area contributed by atoms with Crippen LogP contribution in [-0.4, -0.2) is 52.2 Å². The van der Waals surface area contributed by atoms with Crippen LogP contribution in [0.2, 0.25) is 0 Å². The standard InChI is InChI=1S/C25H23N5O2/c1-18-6-2-3-7-21(18)24-28-27-23(32-24)19-9-11-20(12-10-19)25(31)30-16-14-29(15-17-30)22-8-4-5-13-26-22/h2-13H,14-17H2,1H3. The summed E-state index contributed by atoms with van der Waals surface area (Å²) in [5, 5.41) is 8.37. The second-order valence-corrected chi connectivity index (χ2v) is 7.77. The van der Waals surface area contributed by atoms with E-state index in [1.54, 1.807) is 6.20 Å². The Labute approximate surface area is 186 Å². The number of benzene rings is 2. The zero-order valence-electron chi connectivity index (χ0n) is 17.8. The van der Waals surface area contributed by atoms with Gasteiger partial charge in [0.2, 0.25) is 11.8 Å². The summed E-state index contributed by atoms with van der Waals surface area (Å²) >= 11 is 0. The van der Waals surface area contributed by atoms with Crippen molar-refractivity contribution in [1.29, 1.82) is 0 Å². The fourth-order valence-electron chi connectivity index (χ4n) is 3.88. The Balaban J connectivity index is 1.25. The van der Waals surface area contributed by atoms with Gasteiger partial charge in [0.1, 0.15) is 5.82 Å². The SMILES string of the molecule is Cc1ccccc1-c1nnc(-c2ccc(C(=O)N3CCN(c4ccccn4)CC3)cc2)o1. The maximum Gasteiger partial charge on any atom is 0.253 e. The lowest BCUT2D eigenvalue weighted by molar-refractivity contribution is 0.0746. The third-order valence-electron chi connectivity index (χ3n) is 5.72. The lowest BCUT2D eigenvalue weighted by Gasteiger charge is -2.35. The second-order valence-electron chi connectivity index (χ2n) is 7.77. The van der Waals surface area contributed by atoms with Gasteiger partial charge in [-0.3, -0.25) is 4.79 Å². The summed E-state index contributed by atoms with van der Waals surface area (Å²) in [6, 6.07) is 21.1. The van der Waals surface area contributed by atoms with Crippen LogP contribution in [0.3, 0.4) is 0 Å². The summed E-state index contributed by atoms with van der Waals surface area (Å²) in [4.78, 5) is 21.4. The van der Waals surface area contributed by atoms with Crippen LogP contribution in [0.5, 0.6) is 0 Å². The summed E-state index contributed by atoms with van der Waals surface area (Å²) < 4.78 is 5.88. The summed E-state index contributed by atoms with van der Waals surface area (Å²) in [6.45, 7) is 4.88. The molecule has 1 aliphatic rings. The normalized spacial score (nSPS) is 13.9. The molecule has 0 atom stereocenters. The number of aryl methyl sites for hydroxylation is 1. The molecule has 2 aromatic heterocycles. The monoisotopic (exact) mass is 425 g/mol. The van der Waals surface area contributed by atoms with Gasteiger partial charge in [0.25, 0.3) is 5.91 Å². The van der Waals surface area contributed by atoms with Crippen molar-refractivity contribution in [3.05, 3.63) is 84.1 Å². The highest BCUT2D eigenvalue weighted by Crippen LogP contribution is 2.26. The van der Waals surface area contributed by atoms with Gasteiger partial charge in [-0.05, 0) is 55.0 Å². The quantitative estimate of drug-likeness (QED) is 0.491. The first-order chi connectivity index (χ1) is 15.7. The van der Waals surface area contributed by atoms with E-state index in [-0.39, 0.29) is 5.91 Å². The molecule has 0 bridgehead atoms. The van der Waals surface area contributed by atoms with E-state index in [9.17, 15) is 4.79 Å². The highest BCUT2D eigenvalue weighted by atomic mass is 16.4. The van der Waals surface area contributed by atoms with Crippen LogP contribution in [0.25, 0.3) is 22.9 Å². The predicted octanol–water partition coefficient (Wildman–Crippen LogP) is 4.07. The summed E-state index contributed by atoms with van der Waals surface area (Å²) in [7, 11) is 0. The molecule has 1 fully saturated rings. The van der Waals surface area contributed by atoms with Crippen LogP contribution in [0.15, 0.2) is 77.3 Å². The van der Waals surface area contributed by atoms with Gasteiger partial charge in [0.05, 0.1) is 0 Å².